The fraction of sp³-hybridized carbons (Fsp3) is 0.308. The third kappa shape index (κ3) is 6.14. The molecule has 1 amide bonds. The molecule has 1 aromatic carbocycles. The van der Waals surface area contributed by atoms with Crippen LogP contribution in [0.5, 0.6) is 5.75 Å². The Morgan fingerprint density at radius 1 is 1.25 bits per heavy atom. The monoisotopic (exact) mass is 296 g/mol. The van der Waals surface area contributed by atoms with Crippen molar-refractivity contribution < 1.29 is 19.4 Å². The van der Waals surface area contributed by atoms with Crippen LogP contribution >= 0.6 is 12.2 Å². The molecule has 0 saturated heterocycles. The molecule has 0 fully saturated rings. The first-order valence-corrected chi connectivity index (χ1v) is 6.47. The van der Waals surface area contributed by atoms with Gasteiger partial charge in [-0.15, -0.1) is 0 Å². The van der Waals surface area contributed by atoms with Crippen LogP contribution in [0.4, 0.5) is 5.69 Å². The van der Waals surface area contributed by atoms with Gasteiger partial charge in [0.25, 0.3) is 0 Å². The van der Waals surface area contributed by atoms with Crippen LogP contribution in [0.1, 0.15) is 19.8 Å². The van der Waals surface area contributed by atoms with Gasteiger partial charge in [0.05, 0.1) is 13.0 Å². The first-order valence-electron chi connectivity index (χ1n) is 6.06. The van der Waals surface area contributed by atoms with Crippen molar-refractivity contribution in [2.45, 2.75) is 19.8 Å². The molecule has 0 heterocycles. The number of carbonyl (C=O) groups excluding carboxylic acids is 2. The summed E-state index contributed by atoms with van der Waals surface area (Å²) >= 11 is 4.95. The predicted octanol–water partition coefficient (Wildman–Crippen LogP) is 1.55. The van der Waals surface area contributed by atoms with Crippen LogP contribution in [0.25, 0.3) is 0 Å². The molecule has 7 heteroatoms. The summed E-state index contributed by atoms with van der Waals surface area (Å²) in [5.41, 5.74) is 0.637. The van der Waals surface area contributed by atoms with Crippen molar-refractivity contribution >= 4 is 34.9 Å². The quantitative estimate of drug-likeness (QED) is 0.434. The highest BCUT2D eigenvalue weighted by Gasteiger charge is 2.09. The third-order valence-electron chi connectivity index (χ3n) is 2.24. The van der Waals surface area contributed by atoms with E-state index in [2.05, 4.69) is 10.6 Å². The molecule has 6 nitrogen and oxygen atoms in total. The second-order valence-electron chi connectivity index (χ2n) is 3.85. The van der Waals surface area contributed by atoms with E-state index in [9.17, 15) is 9.59 Å². The molecular weight excluding hydrogens is 280 g/mol. The van der Waals surface area contributed by atoms with E-state index in [1.807, 2.05) is 0 Å². The largest absolute Gasteiger partial charge is 0.508 e. The Labute approximate surface area is 122 Å². The summed E-state index contributed by atoms with van der Waals surface area (Å²) < 4.78 is 4.71. The Bertz CT molecular complexity index is 488. The van der Waals surface area contributed by atoms with Crippen LogP contribution < -0.4 is 10.6 Å². The van der Waals surface area contributed by atoms with Gasteiger partial charge < -0.3 is 20.5 Å². The molecule has 1 aromatic rings. The Hall–Kier alpha value is -2.15. The van der Waals surface area contributed by atoms with Gasteiger partial charge in [-0.05, 0) is 43.4 Å². The number of aromatic hydroxyl groups is 1. The van der Waals surface area contributed by atoms with Crippen molar-refractivity contribution in [2.75, 3.05) is 11.9 Å². The first kappa shape index (κ1) is 15.9. The molecule has 0 radical (unpaired) electrons. The van der Waals surface area contributed by atoms with Crippen LogP contribution in [0.2, 0.25) is 0 Å². The molecule has 0 aliphatic heterocycles. The van der Waals surface area contributed by atoms with Gasteiger partial charge in [-0.2, -0.15) is 0 Å². The van der Waals surface area contributed by atoms with E-state index in [1.54, 1.807) is 19.1 Å². The van der Waals surface area contributed by atoms with Gasteiger partial charge in [0.15, 0.2) is 5.11 Å². The molecule has 0 unspecified atom stereocenters. The average Bonchev–Trinajstić information content (AvgIpc) is 2.39. The molecule has 0 atom stereocenters. The molecule has 0 aliphatic carbocycles. The van der Waals surface area contributed by atoms with E-state index in [-0.39, 0.29) is 29.6 Å². The summed E-state index contributed by atoms with van der Waals surface area (Å²) in [6, 6.07) is 6.22. The van der Waals surface area contributed by atoms with Gasteiger partial charge in [-0.1, -0.05) is 0 Å². The molecule has 1 rings (SSSR count). The van der Waals surface area contributed by atoms with Crippen LogP contribution in [0.15, 0.2) is 24.3 Å². The molecule has 0 aliphatic rings. The van der Waals surface area contributed by atoms with E-state index in [0.29, 0.717) is 12.3 Å². The van der Waals surface area contributed by atoms with E-state index < -0.39 is 5.97 Å². The van der Waals surface area contributed by atoms with Crippen LogP contribution in [-0.4, -0.2) is 28.7 Å². The molecule has 0 bridgehead atoms. The number of benzene rings is 1. The molecule has 108 valence electrons. The lowest BCUT2D eigenvalue weighted by Gasteiger charge is -2.09. The Morgan fingerprint density at radius 3 is 2.50 bits per heavy atom. The number of carbonyl (C=O) groups is 2. The van der Waals surface area contributed by atoms with Gasteiger partial charge in [0, 0.05) is 12.1 Å². The maximum atomic E-state index is 11.5. The van der Waals surface area contributed by atoms with Crippen molar-refractivity contribution in [3.05, 3.63) is 24.3 Å². The molecule has 3 N–H and O–H groups in total. The number of nitrogens with one attached hydrogen (secondary N) is 2. The van der Waals surface area contributed by atoms with Crippen LogP contribution in [0, 0.1) is 0 Å². The predicted molar refractivity (Wildman–Crippen MR) is 78.3 cm³/mol. The number of phenols is 1. The van der Waals surface area contributed by atoms with E-state index in [4.69, 9.17) is 22.1 Å². The zero-order valence-corrected chi connectivity index (χ0v) is 11.8. The lowest BCUT2D eigenvalue weighted by atomic mass is 10.3. The fourth-order valence-electron chi connectivity index (χ4n) is 1.34. The SMILES string of the molecule is CCOC(=O)CCC(=O)NC(=S)Nc1ccc(O)cc1. The van der Waals surface area contributed by atoms with Crippen molar-refractivity contribution in [3.8, 4) is 5.75 Å². The Kier molecular flexibility index (Phi) is 6.45. The fourth-order valence-corrected chi connectivity index (χ4v) is 1.58. The number of hydrogen-bond acceptors (Lipinski definition) is 5. The maximum Gasteiger partial charge on any atom is 0.306 e. The number of thiocarbonyl (C=S) groups is 1. The lowest BCUT2D eigenvalue weighted by molar-refractivity contribution is -0.144. The highest BCUT2D eigenvalue weighted by Crippen LogP contribution is 2.13. The third-order valence-corrected chi connectivity index (χ3v) is 2.44. The topological polar surface area (TPSA) is 87.7 Å². The number of rotatable bonds is 5. The van der Waals surface area contributed by atoms with Gasteiger partial charge >= 0.3 is 5.97 Å². The lowest BCUT2D eigenvalue weighted by Crippen LogP contribution is -2.34. The highest BCUT2D eigenvalue weighted by atomic mass is 32.1. The van der Waals surface area contributed by atoms with Gasteiger partial charge in [0.1, 0.15) is 5.75 Å². The summed E-state index contributed by atoms with van der Waals surface area (Å²) in [6.45, 7) is 2.00. The zero-order valence-electron chi connectivity index (χ0n) is 11.0. The summed E-state index contributed by atoms with van der Waals surface area (Å²) in [5, 5.41) is 14.5. The molecule has 0 aromatic heterocycles. The van der Waals surface area contributed by atoms with Gasteiger partial charge in [-0.3, -0.25) is 9.59 Å². The number of phenolic OH excluding ortho intramolecular Hbond substituents is 1. The van der Waals surface area contributed by atoms with Crippen LogP contribution in [0.3, 0.4) is 0 Å². The summed E-state index contributed by atoms with van der Waals surface area (Å²) in [7, 11) is 0. The van der Waals surface area contributed by atoms with Gasteiger partial charge in [-0.25, -0.2) is 0 Å². The molecule has 20 heavy (non-hydrogen) atoms. The number of amides is 1. The first-order chi connectivity index (χ1) is 9.51. The minimum atomic E-state index is -0.417. The Morgan fingerprint density at radius 2 is 1.90 bits per heavy atom. The molecular formula is C13H16N2O4S. The number of ether oxygens (including phenoxy) is 1. The minimum absolute atomic E-state index is 0.0101. The number of esters is 1. The molecule has 0 saturated carbocycles. The van der Waals surface area contributed by atoms with E-state index in [0.717, 1.165) is 0 Å². The van der Waals surface area contributed by atoms with Crippen molar-refractivity contribution in [1.82, 2.24) is 5.32 Å². The highest BCUT2D eigenvalue weighted by molar-refractivity contribution is 7.80. The normalized spacial score (nSPS) is 9.65. The van der Waals surface area contributed by atoms with E-state index >= 15 is 0 Å². The van der Waals surface area contributed by atoms with Crippen molar-refractivity contribution in [1.29, 1.82) is 0 Å². The summed E-state index contributed by atoms with van der Waals surface area (Å²) in [5.74, 6) is -0.644. The second-order valence-corrected chi connectivity index (χ2v) is 4.26. The average molecular weight is 296 g/mol. The van der Waals surface area contributed by atoms with Gasteiger partial charge in [0.2, 0.25) is 5.91 Å². The number of hydrogen-bond donors (Lipinski definition) is 3. The minimum Gasteiger partial charge on any atom is -0.508 e. The smallest absolute Gasteiger partial charge is 0.306 e. The standard InChI is InChI=1S/C13H16N2O4S/c1-2-19-12(18)8-7-11(17)15-13(20)14-9-3-5-10(16)6-4-9/h3-6,16H,2,7-8H2,1H3,(H2,14,15,17,20). The maximum absolute atomic E-state index is 11.5. The zero-order chi connectivity index (χ0) is 15.0. The van der Waals surface area contributed by atoms with Crippen molar-refractivity contribution in [3.63, 3.8) is 0 Å². The van der Waals surface area contributed by atoms with Crippen molar-refractivity contribution in [2.24, 2.45) is 0 Å². The number of anilines is 1. The second kappa shape index (κ2) is 8.11. The molecule has 0 spiro atoms. The van der Waals surface area contributed by atoms with E-state index in [1.165, 1.54) is 12.1 Å². The Balaban J connectivity index is 2.33. The van der Waals surface area contributed by atoms with Crippen LogP contribution in [-0.2, 0) is 14.3 Å². The summed E-state index contributed by atoms with van der Waals surface area (Å²) in [6.07, 6.45) is 0.0255. The summed E-state index contributed by atoms with van der Waals surface area (Å²) in [4.78, 5) is 22.6.